The Labute approximate surface area is 161 Å². The number of fused-ring (bicyclic) bond motifs is 1. The van der Waals surface area contributed by atoms with Crippen molar-refractivity contribution in [2.45, 2.75) is 24.2 Å². The average Bonchev–Trinajstić information content (AvgIpc) is 2.67. The van der Waals surface area contributed by atoms with Gasteiger partial charge in [-0.25, -0.2) is 0 Å². The summed E-state index contributed by atoms with van der Waals surface area (Å²) in [7, 11) is 0. The maximum Gasteiger partial charge on any atom is 0.306 e. The fraction of sp³-hybridized carbons (Fsp3) is 0.238. The van der Waals surface area contributed by atoms with E-state index in [1.165, 1.54) is 0 Å². The van der Waals surface area contributed by atoms with Crippen LogP contribution in [-0.4, -0.2) is 28.9 Å². The molecule has 0 fully saturated rings. The number of H-pyrrole nitrogens is 1. The molecule has 0 radical (unpaired) electrons. The van der Waals surface area contributed by atoms with Crippen molar-refractivity contribution >= 4 is 28.6 Å². The number of para-hydroxylation sites is 1. The van der Waals surface area contributed by atoms with Gasteiger partial charge >= 0.3 is 5.97 Å². The molecule has 6 heteroatoms. The molecule has 2 N–H and O–H groups in total. The van der Waals surface area contributed by atoms with Crippen LogP contribution in [0.2, 0.25) is 0 Å². The fourth-order valence-corrected chi connectivity index (χ4v) is 3.58. The number of thioether (sulfide) groups is 1. The van der Waals surface area contributed by atoms with Crippen LogP contribution in [0.15, 0.2) is 58.2 Å². The monoisotopic (exact) mass is 383 g/mol. The summed E-state index contributed by atoms with van der Waals surface area (Å²) >= 11 is 1.61. The van der Waals surface area contributed by atoms with Gasteiger partial charge in [0.15, 0.2) is 0 Å². The van der Waals surface area contributed by atoms with Crippen molar-refractivity contribution in [3.05, 3.63) is 70.0 Å². The lowest BCUT2D eigenvalue weighted by Gasteiger charge is -2.19. The van der Waals surface area contributed by atoms with Crippen LogP contribution < -0.4 is 5.56 Å². The summed E-state index contributed by atoms with van der Waals surface area (Å²) in [6, 6.07) is 14.7. The molecule has 0 aliphatic rings. The fourth-order valence-electron chi connectivity index (χ4n) is 3.17. The molecule has 3 aromatic rings. The highest BCUT2D eigenvalue weighted by Gasteiger charge is 2.26. The van der Waals surface area contributed by atoms with Crippen LogP contribution in [0.3, 0.4) is 0 Å². The van der Waals surface area contributed by atoms with Crippen LogP contribution >= 0.6 is 11.8 Å². The quantitative estimate of drug-likeness (QED) is 0.496. The molecule has 27 heavy (non-hydrogen) atoms. The molecule has 1 aromatic heterocycles. The molecule has 0 saturated heterocycles. The van der Waals surface area contributed by atoms with E-state index in [2.05, 4.69) is 4.98 Å². The number of rotatable bonds is 6. The van der Waals surface area contributed by atoms with E-state index in [1.807, 2.05) is 30.5 Å². The van der Waals surface area contributed by atoms with Crippen LogP contribution in [0, 0.1) is 0 Å². The summed E-state index contributed by atoms with van der Waals surface area (Å²) in [5.74, 6) is -1.12. The summed E-state index contributed by atoms with van der Waals surface area (Å²) < 4.78 is 5.09. The minimum atomic E-state index is -0.603. The molecule has 0 aliphatic carbocycles. The molecule has 0 aliphatic heterocycles. The standard InChI is InChI=1S/C21H21NO4S/c1-3-26-18(23)12-16(13-8-10-14(27-2)11-9-13)19-20(24)15-6-4-5-7-17(15)22-21(19)25/h4-11,16H,3,12H2,1-2H3,(H2,22,24,25)/t16-/m1/s1. The number of carbonyl (C=O) groups excluding carboxylic acids is 1. The lowest BCUT2D eigenvalue weighted by molar-refractivity contribution is -0.143. The van der Waals surface area contributed by atoms with Crippen LogP contribution in [0.5, 0.6) is 5.75 Å². The number of hydrogen-bond acceptors (Lipinski definition) is 5. The Kier molecular flexibility index (Phi) is 5.86. The van der Waals surface area contributed by atoms with E-state index >= 15 is 0 Å². The number of ether oxygens (including phenoxy) is 1. The molecule has 5 nitrogen and oxygen atoms in total. The van der Waals surface area contributed by atoms with Crippen molar-refractivity contribution in [3.63, 3.8) is 0 Å². The third kappa shape index (κ3) is 4.01. The van der Waals surface area contributed by atoms with Crippen molar-refractivity contribution < 1.29 is 14.6 Å². The first kappa shape index (κ1) is 19.0. The highest BCUT2D eigenvalue weighted by Crippen LogP contribution is 2.36. The number of benzene rings is 2. The Morgan fingerprint density at radius 1 is 1.19 bits per heavy atom. The Morgan fingerprint density at radius 3 is 2.56 bits per heavy atom. The normalized spacial score (nSPS) is 12.1. The van der Waals surface area contributed by atoms with E-state index < -0.39 is 17.4 Å². The summed E-state index contributed by atoms with van der Waals surface area (Å²) in [6.07, 6.45) is 1.95. The Bertz CT molecular complexity index is 1010. The molecule has 3 rings (SSSR count). The Hall–Kier alpha value is -2.73. The Balaban J connectivity index is 2.16. The molecule has 0 bridgehead atoms. The minimum Gasteiger partial charge on any atom is -0.507 e. The lowest BCUT2D eigenvalue weighted by atomic mass is 9.88. The second-order valence-electron chi connectivity index (χ2n) is 6.10. The van der Waals surface area contributed by atoms with Crippen molar-refractivity contribution in [1.29, 1.82) is 0 Å². The summed E-state index contributed by atoms with van der Waals surface area (Å²) in [6.45, 7) is 2.00. The van der Waals surface area contributed by atoms with Gasteiger partial charge in [-0.2, -0.15) is 0 Å². The van der Waals surface area contributed by atoms with Crippen LogP contribution in [-0.2, 0) is 9.53 Å². The number of aromatic amines is 1. The predicted molar refractivity (Wildman–Crippen MR) is 108 cm³/mol. The highest BCUT2D eigenvalue weighted by molar-refractivity contribution is 7.98. The lowest BCUT2D eigenvalue weighted by Crippen LogP contribution is -2.20. The summed E-state index contributed by atoms with van der Waals surface area (Å²) in [4.78, 5) is 28.8. The first-order chi connectivity index (χ1) is 13.0. The number of aromatic nitrogens is 1. The van der Waals surface area contributed by atoms with Crippen molar-refractivity contribution in [2.24, 2.45) is 0 Å². The third-order valence-corrected chi connectivity index (χ3v) is 5.22. The number of carbonyl (C=O) groups is 1. The highest BCUT2D eigenvalue weighted by atomic mass is 32.2. The van der Waals surface area contributed by atoms with Crippen molar-refractivity contribution in [2.75, 3.05) is 12.9 Å². The topological polar surface area (TPSA) is 79.4 Å². The van der Waals surface area contributed by atoms with Gasteiger partial charge in [0.2, 0.25) is 0 Å². The first-order valence-electron chi connectivity index (χ1n) is 8.68. The molecule has 0 spiro atoms. The van der Waals surface area contributed by atoms with E-state index in [0.29, 0.717) is 10.9 Å². The molecule has 2 aromatic carbocycles. The zero-order valence-electron chi connectivity index (χ0n) is 15.2. The number of esters is 1. The minimum absolute atomic E-state index is 0.0264. The molecule has 1 heterocycles. The Morgan fingerprint density at radius 2 is 1.89 bits per heavy atom. The molecular formula is C21H21NO4S. The van der Waals surface area contributed by atoms with Crippen LogP contribution in [0.25, 0.3) is 10.9 Å². The van der Waals surface area contributed by atoms with Gasteiger partial charge in [-0.3, -0.25) is 9.59 Å². The largest absolute Gasteiger partial charge is 0.507 e. The molecule has 0 unspecified atom stereocenters. The molecule has 140 valence electrons. The van der Waals surface area contributed by atoms with Crippen LogP contribution in [0.4, 0.5) is 0 Å². The number of nitrogens with one attached hydrogen (secondary N) is 1. The third-order valence-electron chi connectivity index (χ3n) is 4.47. The van der Waals surface area contributed by atoms with Gasteiger partial charge in [0.05, 0.1) is 24.1 Å². The maximum absolute atomic E-state index is 12.8. The van der Waals surface area contributed by atoms with Gasteiger partial charge in [-0.15, -0.1) is 11.8 Å². The second-order valence-corrected chi connectivity index (χ2v) is 6.98. The maximum atomic E-state index is 12.8. The SMILES string of the molecule is CCOC(=O)C[C@H](c1ccc(SC)cc1)c1c(O)c2ccccc2[nH]c1=O. The van der Waals surface area contributed by atoms with Gasteiger partial charge in [0.1, 0.15) is 5.75 Å². The first-order valence-corrected chi connectivity index (χ1v) is 9.91. The predicted octanol–water partition coefficient (Wildman–Crippen LogP) is 4.04. The molecule has 0 saturated carbocycles. The van der Waals surface area contributed by atoms with Crippen molar-refractivity contribution in [1.82, 2.24) is 4.98 Å². The number of hydrogen-bond donors (Lipinski definition) is 2. The number of pyridine rings is 1. The molecule has 0 amide bonds. The van der Waals surface area contributed by atoms with E-state index in [1.54, 1.807) is 43.0 Å². The smallest absolute Gasteiger partial charge is 0.306 e. The van der Waals surface area contributed by atoms with Gasteiger partial charge in [0.25, 0.3) is 5.56 Å². The van der Waals surface area contributed by atoms with Crippen molar-refractivity contribution in [3.8, 4) is 5.75 Å². The van der Waals surface area contributed by atoms with Gasteiger partial charge in [-0.1, -0.05) is 24.3 Å². The zero-order chi connectivity index (χ0) is 19.4. The van der Waals surface area contributed by atoms with Gasteiger partial charge in [0, 0.05) is 16.2 Å². The summed E-state index contributed by atoms with van der Waals surface area (Å²) in [5, 5.41) is 11.4. The van der Waals surface area contributed by atoms with E-state index in [9.17, 15) is 14.7 Å². The van der Waals surface area contributed by atoms with E-state index in [-0.39, 0.29) is 24.3 Å². The number of aromatic hydroxyl groups is 1. The summed E-state index contributed by atoms with van der Waals surface area (Å²) in [5.41, 5.74) is 1.10. The second kappa shape index (κ2) is 8.31. The molecule has 1 atom stereocenters. The van der Waals surface area contributed by atoms with Crippen LogP contribution in [0.1, 0.15) is 30.4 Å². The average molecular weight is 383 g/mol. The van der Waals surface area contributed by atoms with Gasteiger partial charge in [-0.05, 0) is 43.0 Å². The molecular weight excluding hydrogens is 362 g/mol. The van der Waals surface area contributed by atoms with Gasteiger partial charge < -0.3 is 14.8 Å². The van der Waals surface area contributed by atoms with E-state index in [0.717, 1.165) is 10.5 Å². The zero-order valence-corrected chi connectivity index (χ0v) is 16.0. The van der Waals surface area contributed by atoms with E-state index in [4.69, 9.17) is 4.74 Å².